The summed E-state index contributed by atoms with van der Waals surface area (Å²) >= 11 is 0. The van der Waals surface area contributed by atoms with Crippen molar-refractivity contribution in [1.82, 2.24) is 10.2 Å². The summed E-state index contributed by atoms with van der Waals surface area (Å²) in [5.41, 5.74) is 1.18. The highest BCUT2D eigenvalue weighted by molar-refractivity contribution is 5.32. The third-order valence-electron chi connectivity index (χ3n) is 3.22. The molecule has 1 aliphatic rings. The largest absolute Gasteiger partial charge is 0.496 e. The lowest BCUT2D eigenvalue weighted by Crippen LogP contribution is -2.44. The van der Waals surface area contributed by atoms with Crippen LogP contribution in [0.2, 0.25) is 0 Å². The molecule has 1 aromatic rings. The minimum Gasteiger partial charge on any atom is -0.496 e. The zero-order valence-electron chi connectivity index (χ0n) is 11.2. The summed E-state index contributed by atoms with van der Waals surface area (Å²) in [5, 5.41) is 3.44. The van der Waals surface area contributed by atoms with Crippen molar-refractivity contribution >= 4 is 0 Å². The fourth-order valence-electron chi connectivity index (χ4n) is 2.21. The second kappa shape index (κ2) is 6.73. The highest BCUT2D eigenvalue weighted by Gasteiger charge is 2.16. The molecule has 0 aromatic heterocycles. The molecule has 0 radical (unpaired) electrons. The average Bonchev–Trinajstić information content (AvgIpc) is 2.39. The first-order valence-electron chi connectivity index (χ1n) is 6.42. The zero-order valence-corrected chi connectivity index (χ0v) is 11.2. The van der Waals surface area contributed by atoms with Crippen molar-refractivity contribution in [3.8, 4) is 5.75 Å². The van der Waals surface area contributed by atoms with Crippen molar-refractivity contribution in [3.05, 3.63) is 29.8 Å². The van der Waals surface area contributed by atoms with Gasteiger partial charge < -0.3 is 19.7 Å². The van der Waals surface area contributed by atoms with Crippen LogP contribution in [0.5, 0.6) is 5.75 Å². The molecule has 4 nitrogen and oxygen atoms in total. The van der Waals surface area contributed by atoms with Crippen LogP contribution in [0.3, 0.4) is 0 Å². The molecule has 0 aliphatic carbocycles. The third kappa shape index (κ3) is 3.70. The van der Waals surface area contributed by atoms with Gasteiger partial charge in [0.1, 0.15) is 5.75 Å². The fourth-order valence-corrected chi connectivity index (χ4v) is 2.21. The Kier molecular flexibility index (Phi) is 4.99. The van der Waals surface area contributed by atoms with E-state index in [-0.39, 0.29) is 0 Å². The van der Waals surface area contributed by atoms with Crippen molar-refractivity contribution in [1.29, 1.82) is 0 Å². The van der Waals surface area contributed by atoms with E-state index in [1.54, 1.807) is 7.11 Å². The van der Waals surface area contributed by atoms with E-state index in [2.05, 4.69) is 23.3 Å². The van der Waals surface area contributed by atoms with Gasteiger partial charge in [-0.15, -0.1) is 0 Å². The first kappa shape index (κ1) is 13.3. The topological polar surface area (TPSA) is 33.7 Å². The lowest BCUT2D eigenvalue weighted by atomic mass is 10.2. The molecule has 100 valence electrons. The molecule has 1 atom stereocenters. The number of likely N-dealkylation sites (N-methyl/N-ethyl adjacent to an activating group) is 1. The summed E-state index contributed by atoms with van der Waals surface area (Å²) in [6, 6.07) is 8.09. The number of ether oxygens (including phenoxy) is 2. The molecule has 0 spiro atoms. The van der Waals surface area contributed by atoms with Crippen LogP contribution in [0.4, 0.5) is 0 Å². The average molecular weight is 250 g/mol. The predicted molar refractivity (Wildman–Crippen MR) is 71.9 cm³/mol. The Hall–Kier alpha value is -1.10. The van der Waals surface area contributed by atoms with Crippen molar-refractivity contribution in [3.63, 3.8) is 0 Å². The van der Waals surface area contributed by atoms with E-state index in [0.29, 0.717) is 6.10 Å². The SMILES string of the molecule is COc1ccccc1CNCC1CN(C)CCO1. The Morgan fingerprint density at radius 2 is 2.28 bits per heavy atom. The van der Waals surface area contributed by atoms with Crippen LogP contribution in [0.1, 0.15) is 5.56 Å². The maximum absolute atomic E-state index is 5.71. The summed E-state index contributed by atoms with van der Waals surface area (Å²) in [5.74, 6) is 0.937. The summed E-state index contributed by atoms with van der Waals surface area (Å²) in [7, 11) is 3.84. The maximum Gasteiger partial charge on any atom is 0.123 e. The van der Waals surface area contributed by atoms with Crippen molar-refractivity contribution < 1.29 is 9.47 Å². The van der Waals surface area contributed by atoms with Crippen LogP contribution < -0.4 is 10.1 Å². The highest BCUT2D eigenvalue weighted by atomic mass is 16.5. The van der Waals surface area contributed by atoms with E-state index < -0.39 is 0 Å². The van der Waals surface area contributed by atoms with Gasteiger partial charge >= 0.3 is 0 Å². The van der Waals surface area contributed by atoms with E-state index in [4.69, 9.17) is 9.47 Å². The van der Waals surface area contributed by atoms with Gasteiger partial charge in [0.05, 0.1) is 19.8 Å². The van der Waals surface area contributed by atoms with Gasteiger partial charge in [-0.05, 0) is 13.1 Å². The lowest BCUT2D eigenvalue weighted by molar-refractivity contribution is -0.0182. The number of hydrogen-bond acceptors (Lipinski definition) is 4. The fraction of sp³-hybridized carbons (Fsp3) is 0.571. The van der Waals surface area contributed by atoms with Crippen molar-refractivity contribution in [2.45, 2.75) is 12.6 Å². The summed E-state index contributed by atoms with van der Waals surface area (Å²) < 4.78 is 11.0. The van der Waals surface area contributed by atoms with Crippen molar-refractivity contribution in [2.24, 2.45) is 0 Å². The second-order valence-electron chi connectivity index (χ2n) is 4.70. The first-order valence-corrected chi connectivity index (χ1v) is 6.42. The molecule has 1 saturated heterocycles. The molecular weight excluding hydrogens is 228 g/mol. The molecule has 1 aromatic carbocycles. The Bertz CT molecular complexity index is 371. The van der Waals surface area contributed by atoms with Crippen LogP contribution in [-0.4, -0.2) is 51.4 Å². The van der Waals surface area contributed by atoms with Gasteiger partial charge in [-0.25, -0.2) is 0 Å². The molecule has 0 amide bonds. The van der Waals surface area contributed by atoms with Gasteiger partial charge in [0.2, 0.25) is 0 Å². The molecule has 2 rings (SSSR count). The molecule has 0 saturated carbocycles. The standard InChI is InChI=1S/C14H22N2O2/c1-16-7-8-18-13(11-16)10-15-9-12-5-3-4-6-14(12)17-2/h3-6,13,15H,7-11H2,1-2H3. The number of methoxy groups -OCH3 is 1. The quantitative estimate of drug-likeness (QED) is 0.849. The van der Waals surface area contributed by atoms with Crippen LogP contribution in [-0.2, 0) is 11.3 Å². The zero-order chi connectivity index (χ0) is 12.8. The molecule has 0 bridgehead atoms. The van der Waals surface area contributed by atoms with Crippen molar-refractivity contribution in [2.75, 3.05) is 40.4 Å². The van der Waals surface area contributed by atoms with E-state index in [9.17, 15) is 0 Å². The minimum atomic E-state index is 0.290. The number of hydrogen-bond donors (Lipinski definition) is 1. The van der Waals surface area contributed by atoms with Crippen LogP contribution in [0.25, 0.3) is 0 Å². The minimum absolute atomic E-state index is 0.290. The van der Waals surface area contributed by atoms with E-state index in [1.165, 1.54) is 5.56 Å². The molecule has 4 heteroatoms. The number of morpholine rings is 1. The summed E-state index contributed by atoms with van der Waals surface area (Å²) in [6.07, 6.45) is 0.290. The van der Waals surface area contributed by atoms with Gasteiger partial charge in [-0.3, -0.25) is 0 Å². The van der Waals surface area contributed by atoms with Crippen LogP contribution in [0, 0.1) is 0 Å². The molecule has 1 fully saturated rings. The van der Waals surface area contributed by atoms with Crippen LogP contribution in [0.15, 0.2) is 24.3 Å². The van der Waals surface area contributed by atoms with Crippen LogP contribution >= 0.6 is 0 Å². The Morgan fingerprint density at radius 3 is 3.06 bits per heavy atom. The number of benzene rings is 1. The molecule has 18 heavy (non-hydrogen) atoms. The lowest BCUT2D eigenvalue weighted by Gasteiger charge is -2.30. The van der Waals surface area contributed by atoms with E-state index in [0.717, 1.165) is 38.5 Å². The summed E-state index contributed by atoms with van der Waals surface area (Å²) in [4.78, 5) is 2.30. The van der Waals surface area contributed by atoms with Gasteiger partial charge in [0, 0.05) is 31.7 Å². The normalized spacial score (nSPS) is 20.9. The monoisotopic (exact) mass is 250 g/mol. The Balaban J connectivity index is 1.77. The smallest absolute Gasteiger partial charge is 0.123 e. The molecule has 1 heterocycles. The third-order valence-corrected chi connectivity index (χ3v) is 3.22. The van der Waals surface area contributed by atoms with E-state index >= 15 is 0 Å². The summed E-state index contributed by atoms with van der Waals surface area (Å²) in [6.45, 7) is 4.55. The molecule has 1 unspecified atom stereocenters. The maximum atomic E-state index is 5.71. The number of rotatable bonds is 5. The van der Waals surface area contributed by atoms with Gasteiger partial charge in [-0.1, -0.05) is 18.2 Å². The number of para-hydroxylation sites is 1. The Morgan fingerprint density at radius 1 is 1.44 bits per heavy atom. The number of nitrogens with zero attached hydrogens (tertiary/aromatic N) is 1. The van der Waals surface area contributed by atoms with Gasteiger partial charge in [0.25, 0.3) is 0 Å². The molecule has 1 aliphatic heterocycles. The predicted octanol–water partition coefficient (Wildman–Crippen LogP) is 1.12. The molecule has 1 N–H and O–H groups in total. The number of nitrogens with one attached hydrogen (secondary N) is 1. The second-order valence-corrected chi connectivity index (χ2v) is 4.70. The first-order chi connectivity index (χ1) is 8.79. The van der Waals surface area contributed by atoms with Gasteiger partial charge in [0.15, 0.2) is 0 Å². The van der Waals surface area contributed by atoms with E-state index in [1.807, 2.05) is 18.2 Å². The van der Waals surface area contributed by atoms with Gasteiger partial charge in [-0.2, -0.15) is 0 Å². The Labute approximate surface area is 109 Å². The molecular formula is C14H22N2O2. The highest BCUT2D eigenvalue weighted by Crippen LogP contribution is 2.16.